The number of carbonyl (C=O) groups excluding carboxylic acids is 1. The Bertz CT molecular complexity index is 861. The van der Waals surface area contributed by atoms with Crippen molar-refractivity contribution in [1.29, 1.82) is 0 Å². The van der Waals surface area contributed by atoms with Gasteiger partial charge in [-0.3, -0.25) is 4.79 Å². The summed E-state index contributed by atoms with van der Waals surface area (Å²) in [5.41, 5.74) is 0.668. The fraction of sp³-hybridized carbons (Fsp3) is 0.364. The fourth-order valence-electron chi connectivity index (χ4n) is 2.84. The Balaban J connectivity index is 1.99. The van der Waals surface area contributed by atoms with E-state index in [-0.39, 0.29) is 30.0 Å². The van der Waals surface area contributed by atoms with Crippen molar-refractivity contribution in [3.05, 3.63) is 70.8 Å². The monoisotopic (exact) mass is 423 g/mol. The molecule has 0 bridgehead atoms. The number of alkyl halides is 3. The van der Waals surface area contributed by atoms with Gasteiger partial charge in [0, 0.05) is 0 Å². The van der Waals surface area contributed by atoms with Gasteiger partial charge in [0.05, 0.1) is 23.8 Å². The predicted octanol–water partition coefficient (Wildman–Crippen LogP) is 4.82. The second-order valence-electron chi connectivity index (χ2n) is 7.33. The van der Waals surface area contributed by atoms with Crippen LogP contribution >= 0.6 is 0 Å². The molecule has 0 spiro atoms. The molecule has 0 saturated carbocycles. The molecule has 1 amide bonds. The van der Waals surface area contributed by atoms with Gasteiger partial charge in [0.15, 0.2) is 0 Å². The van der Waals surface area contributed by atoms with Gasteiger partial charge in [-0.15, -0.1) is 0 Å². The minimum Gasteiger partial charge on any atom is -0.478 e. The molecule has 2 aromatic rings. The Hall–Kier alpha value is -2.87. The summed E-state index contributed by atoms with van der Waals surface area (Å²) in [6.45, 7) is 5.38. The Labute approximate surface area is 172 Å². The first-order valence-electron chi connectivity index (χ1n) is 9.40. The highest BCUT2D eigenvalue weighted by Gasteiger charge is 2.30. The molecule has 8 heteroatoms. The Kier molecular flexibility index (Phi) is 7.61. The van der Waals surface area contributed by atoms with E-state index in [1.165, 1.54) is 24.3 Å². The number of halogens is 3. The summed E-state index contributed by atoms with van der Waals surface area (Å²) < 4.78 is 43.7. The van der Waals surface area contributed by atoms with Crippen LogP contribution in [0.1, 0.15) is 53.9 Å². The van der Waals surface area contributed by atoms with Gasteiger partial charge in [-0.2, -0.15) is 13.2 Å². The summed E-state index contributed by atoms with van der Waals surface area (Å²) >= 11 is 0. The van der Waals surface area contributed by atoms with E-state index in [0.29, 0.717) is 5.56 Å². The molecule has 0 heterocycles. The number of carboxylic acids is 1. The number of hydrogen-bond donors (Lipinski definition) is 2. The molecule has 2 rings (SSSR count). The lowest BCUT2D eigenvalue weighted by Crippen LogP contribution is -2.40. The molecule has 0 aliphatic rings. The molecule has 1 unspecified atom stereocenters. The fourth-order valence-corrected chi connectivity index (χ4v) is 2.84. The lowest BCUT2D eigenvalue weighted by atomic mass is 10.0. The van der Waals surface area contributed by atoms with Crippen LogP contribution in [0.4, 0.5) is 13.2 Å². The lowest BCUT2D eigenvalue weighted by Gasteiger charge is -2.24. The van der Waals surface area contributed by atoms with E-state index in [0.717, 1.165) is 17.7 Å². The first-order valence-corrected chi connectivity index (χ1v) is 9.40. The van der Waals surface area contributed by atoms with E-state index in [2.05, 4.69) is 5.32 Å². The van der Waals surface area contributed by atoms with Gasteiger partial charge in [0.25, 0.3) is 0 Å². The van der Waals surface area contributed by atoms with Crippen molar-refractivity contribution in [3.63, 3.8) is 0 Å². The van der Waals surface area contributed by atoms with Crippen molar-refractivity contribution in [1.82, 2.24) is 5.32 Å². The molecule has 30 heavy (non-hydrogen) atoms. The summed E-state index contributed by atoms with van der Waals surface area (Å²) in [4.78, 5) is 23.6. The second kappa shape index (κ2) is 9.75. The standard InChI is InChI=1S/C22H24F3NO4/c1-13(2)19(30-12-15-4-10-18(11-5-15)22(23,24)25)20(27)26-14(3)16-6-8-17(9-7-16)21(28)29/h4-11,13-14,19H,12H2,1-3H3,(H,26,27)(H,28,29)/t14-,19?/m0/s1. The summed E-state index contributed by atoms with van der Waals surface area (Å²) in [6.07, 6.45) is -5.20. The molecule has 0 aliphatic heterocycles. The first kappa shape index (κ1) is 23.4. The first-order chi connectivity index (χ1) is 14.0. The zero-order chi connectivity index (χ0) is 22.5. The molecule has 2 atom stereocenters. The van der Waals surface area contributed by atoms with Crippen LogP contribution in [0.15, 0.2) is 48.5 Å². The van der Waals surface area contributed by atoms with Crippen molar-refractivity contribution in [2.24, 2.45) is 5.92 Å². The number of carboxylic acid groups (broad SMARTS) is 1. The SMILES string of the molecule is CC(C)C(OCc1ccc(C(F)(F)F)cc1)C(=O)N[C@@H](C)c1ccc(C(=O)O)cc1. The number of benzene rings is 2. The van der Waals surface area contributed by atoms with Crippen LogP contribution < -0.4 is 5.32 Å². The quantitative estimate of drug-likeness (QED) is 0.638. The predicted molar refractivity (Wildman–Crippen MR) is 105 cm³/mol. The lowest BCUT2D eigenvalue weighted by molar-refractivity contribution is -0.137. The van der Waals surface area contributed by atoms with E-state index in [4.69, 9.17) is 9.84 Å². The molecule has 0 aliphatic carbocycles. The van der Waals surface area contributed by atoms with Crippen LogP contribution in [0.5, 0.6) is 0 Å². The summed E-state index contributed by atoms with van der Waals surface area (Å²) in [6, 6.07) is 10.4. The zero-order valence-electron chi connectivity index (χ0n) is 16.9. The second-order valence-corrected chi connectivity index (χ2v) is 7.33. The van der Waals surface area contributed by atoms with Crippen LogP contribution in [0.2, 0.25) is 0 Å². The molecule has 2 N–H and O–H groups in total. The molecule has 0 fully saturated rings. The van der Waals surface area contributed by atoms with Crippen LogP contribution in [-0.2, 0) is 22.3 Å². The number of amides is 1. The molecule has 0 aromatic heterocycles. The number of rotatable bonds is 8. The van der Waals surface area contributed by atoms with Gasteiger partial charge in [-0.05, 0) is 48.2 Å². The van der Waals surface area contributed by atoms with Gasteiger partial charge in [0.1, 0.15) is 6.10 Å². The molecular formula is C22H24F3NO4. The highest BCUT2D eigenvalue weighted by Crippen LogP contribution is 2.29. The van der Waals surface area contributed by atoms with Crippen LogP contribution in [-0.4, -0.2) is 23.1 Å². The van der Waals surface area contributed by atoms with E-state index < -0.39 is 23.8 Å². The van der Waals surface area contributed by atoms with Crippen molar-refractivity contribution in [3.8, 4) is 0 Å². The number of ether oxygens (including phenoxy) is 1. The highest BCUT2D eigenvalue weighted by molar-refractivity contribution is 5.87. The van der Waals surface area contributed by atoms with Gasteiger partial charge < -0.3 is 15.2 Å². The minimum absolute atomic E-state index is 0.00388. The zero-order valence-corrected chi connectivity index (χ0v) is 16.9. The summed E-state index contributed by atoms with van der Waals surface area (Å²) in [7, 11) is 0. The van der Waals surface area contributed by atoms with E-state index in [1.807, 2.05) is 13.8 Å². The van der Waals surface area contributed by atoms with Crippen LogP contribution in [0.25, 0.3) is 0 Å². The molecule has 5 nitrogen and oxygen atoms in total. The van der Waals surface area contributed by atoms with Gasteiger partial charge >= 0.3 is 12.1 Å². The number of aromatic carboxylic acids is 1. The highest BCUT2D eigenvalue weighted by atomic mass is 19.4. The smallest absolute Gasteiger partial charge is 0.416 e. The van der Waals surface area contributed by atoms with E-state index in [9.17, 15) is 22.8 Å². The van der Waals surface area contributed by atoms with Crippen molar-refractivity contribution in [2.75, 3.05) is 0 Å². The number of nitrogens with one attached hydrogen (secondary N) is 1. The van der Waals surface area contributed by atoms with E-state index >= 15 is 0 Å². The maximum atomic E-state index is 12.7. The third-order valence-corrected chi connectivity index (χ3v) is 4.59. The summed E-state index contributed by atoms with van der Waals surface area (Å²) in [5, 5.41) is 11.8. The van der Waals surface area contributed by atoms with Gasteiger partial charge in [-0.25, -0.2) is 4.79 Å². The van der Waals surface area contributed by atoms with Crippen LogP contribution in [0.3, 0.4) is 0 Å². The van der Waals surface area contributed by atoms with Gasteiger partial charge in [-0.1, -0.05) is 38.1 Å². The van der Waals surface area contributed by atoms with Crippen LogP contribution in [0, 0.1) is 5.92 Å². The third kappa shape index (κ3) is 6.32. The van der Waals surface area contributed by atoms with Crippen molar-refractivity contribution >= 4 is 11.9 Å². The average molecular weight is 423 g/mol. The average Bonchev–Trinajstić information content (AvgIpc) is 2.67. The molecule has 0 saturated heterocycles. The largest absolute Gasteiger partial charge is 0.478 e. The minimum atomic E-state index is -4.40. The van der Waals surface area contributed by atoms with E-state index in [1.54, 1.807) is 19.1 Å². The Morgan fingerprint density at radius 2 is 1.57 bits per heavy atom. The molecule has 162 valence electrons. The van der Waals surface area contributed by atoms with Crippen molar-refractivity contribution in [2.45, 2.75) is 45.7 Å². The number of carbonyl (C=O) groups is 2. The topological polar surface area (TPSA) is 75.6 Å². The normalized spacial score (nSPS) is 13.7. The Morgan fingerprint density at radius 1 is 1.00 bits per heavy atom. The molecule has 2 aromatic carbocycles. The van der Waals surface area contributed by atoms with Crippen molar-refractivity contribution < 1.29 is 32.6 Å². The maximum absolute atomic E-state index is 12.7. The maximum Gasteiger partial charge on any atom is 0.416 e. The summed E-state index contributed by atoms with van der Waals surface area (Å²) in [5.74, 6) is -1.55. The third-order valence-electron chi connectivity index (χ3n) is 4.59. The number of hydrogen-bond acceptors (Lipinski definition) is 3. The molecular weight excluding hydrogens is 399 g/mol. The van der Waals surface area contributed by atoms with Gasteiger partial charge in [0.2, 0.25) is 5.91 Å². The molecule has 0 radical (unpaired) electrons. The Morgan fingerprint density at radius 3 is 2.03 bits per heavy atom.